The van der Waals surface area contributed by atoms with E-state index in [1.165, 1.54) is 0 Å². The zero-order chi connectivity index (χ0) is 10.8. The highest BCUT2D eigenvalue weighted by Gasteiger charge is 2.12. The molecule has 0 aromatic carbocycles. The van der Waals surface area contributed by atoms with E-state index in [0.717, 1.165) is 5.69 Å². The van der Waals surface area contributed by atoms with Crippen molar-refractivity contribution in [3.63, 3.8) is 0 Å². The maximum Gasteiger partial charge on any atom is 0.211 e. The fraction of sp³-hybridized carbons (Fsp3) is 0.182. The molecule has 0 saturated heterocycles. The molecular formula is C11H11N3O. The third-order valence-corrected chi connectivity index (χ3v) is 2.21. The smallest absolute Gasteiger partial charge is 0.211 e. The van der Waals surface area contributed by atoms with Gasteiger partial charge in [-0.2, -0.15) is 0 Å². The molecule has 0 saturated carbocycles. The molecule has 2 aromatic heterocycles. The van der Waals surface area contributed by atoms with Crippen LogP contribution in [-0.2, 0) is 7.05 Å². The average Bonchev–Trinajstić information content (AvgIpc) is 2.63. The zero-order valence-corrected chi connectivity index (χ0v) is 8.64. The summed E-state index contributed by atoms with van der Waals surface area (Å²) in [6.07, 6.45) is 4.82. The van der Waals surface area contributed by atoms with E-state index in [9.17, 15) is 4.79 Å². The number of aryl methyl sites for hydroxylation is 2. The monoisotopic (exact) mass is 201 g/mol. The third-order valence-electron chi connectivity index (χ3n) is 2.21. The van der Waals surface area contributed by atoms with Crippen LogP contribution in [0.15, 0.2) is 30.9 Å². The predicted molar refractivity (Wildman–Crippen MR) is 55.6 cm³/mol. The quantitative estimate of drug-likeness (QED) is 0.689. The minimum Gasteiger partial charge on any atom is -0.331 e. The minimum atomic E-state index is -0.0273. The Labute approximate surface area is 87.6 Å². The lowest BCUT2D eigenvalue weighted by atomic mass is 10.1. The molecule has 0 amide bonds. The van der Waals surface area contributed by atoms with Gasteiger partial charge < -0.3 is 4.57 Å². The van der Waals surface area contributed by atoms with E-state index in [2.05, 4.69) is 9.97 Å². The number of imidazole rings is 1. The molecule has 0 N–H and O–H groups in total. The largest absolute Gasteiger partial charge is 0.331 e. The van der Waals surface area contributed by atoms with E-state index in [0.29, 0.717) is 11.3 Å². The normalized spacial score (nSPS) is 10.3. The van der Waals surface area contributed by atoms with Crippen molar-refractivity contribution in [2.24, 2.45) is 7.05 Å². The lowest BCUT2D eigenvalue weighted by molar-refractivity contribution is 0.103. The molecule has 76 valence electrons. The van der Waals surface area contributed by atoms with Gasteiger partial charge in [0.25, 0.3) is 0 Å². The summed E-state index contributed by atoms with van der Waals surface area (Å²) in [5.41, 5.74) is 2.06. The zero-order valence-electron chi connectivity index (χ0n) is 8.64. The van der Waals surface area contributed by atoms with Gasteiger partial charge in [-0.25, -0.2) is 4.98 Å². The van der Waals surface area contributed by atoms with Crippen molar-refractivity contribution in [1.29, 1.82) is 0 Å². The van der Waals surface area contributed by atoms with Gasteiger partial charge in [-0.15, -0.1) is 0 Å². The highest BCUT2D eigenvalue weighted by Crippen LogP contribution is 2.08. The van der Waals surface area contributed by atoms with E-state index in [1.54, 1.807) is 42.5 Å². The van der Waals surface area contributed by atoms with Gasteiger partial charge in [-0.05, 0) is 19.1 Å². The molecule has 0 atom stereocenters. The SMILES string of the molecule is Cc1cc(C(=O)c2cncn2C)ccn1. The van der Waals surface area contributed by atoms with E-state index in [-0.39, 0.29) is 5.78 Å². The Morgan fingerprint density at radius 1 is 1.47 bits per heavy atom. The second kappa shape index (κ2) is 3.65. The van der Waals surface area contributed by atoms with Crippen LogP contribution in [0.4, 0.5) is 0 Å². The van der Waals surface area contributed by atoms with Gasteiger partial charge in [-0.3, -0.25) is 9.78 Å². The Balaban J connectivity index is 2.41. The van der Waals surface area contributed by atoms with Crippen molar-refractivity contribution >= 4 is 5.78 Å². The number of carbonyl (C=O) groups excluding carboxylic acids is 1. The predicted octanol–water partition coefficient (Wildman–Crippen LogP) is 1.35. The Morgan fingerprint density at radius 3 is 2.87 bits per heavy atom. The van der Waals surface area contributed by atoms with Crippen molar-refractivity contribution in [3.05, 3.63) is 47.8 Å². The maximum atomic E-state index is 12.0. The molecule has 0 bridgehead atoms. The number of ketones is 1. The molecule has 0 aliphatic heterocycles. The highest BCUT2D eigenvalue weighted by molar-refractivity contribution is 6.07. The Kier molecular flexibility index (Phi) is 2.33. The van der Waals surface area contributed by atoms with Crippen LogP contribution in [0, 0.1) is 6.92 Å². The first-order chi connectivity index (χ1) is 7.18. The van der Waals surface area contributed by atoms with Crippen LogP contribution in [-0.4, -0.2) is 20.3 Å². The second-order valence-corrected chi connectivity index (χ2v) is 3.40. The molecule has 4 nitrogen and oxygen atoms in total. The van der Waals surface area contributed by atoms with Gasteiger partial charge >= 0.3 is 0 Å². The number of rotatable bonds is 2. The molecule has 4 heteroatoms. The molecule has 0 aliphatic carbocycles. The second-order valence-electron chi connectivity index (χ2n) is 3.40. The van der Waals surface area contributed by atoms with Crippen LogP contribution in [0.3, 0.4) is 0 Å². The van der Waals surface area contributed by atoms with Crippen molar-refractivity contribution in [2.75, 3.05) is 0 Å². The van der Waals surface area contributed by atoms with Crippen LogP contribution in [0.5, 0.6) is 0 Å². The van der Waals surface area contributed by atoms with Crippen LogP contribution in [0.2, 0.25) is 0 Å². The number of aromatic nitrogens is 3. The Morgan fingerprint density at radius 2 is 2.27 bits per heavy atom. The summed E-state index contributed by atoms with van der Waals surface area (Å²) in [4.78, 5) is 20.0. The maximum absolute atomic E-state index is 12.0. The lowest BCUT2D eigenvalue weighted by Gasteiger charge is -2.01. The molecule has 2 heterocycles. The summed E-state index contributed by atoms with van der Waals surface area (Å²) in [5.74, 6) is -0.0273. The fourth-order valence-electron chi connectivity index (χ4n) is 1.41. The first-order valence-corrected chi connectivity index (χ1v) is 4.62. The van der Waals surface area contributed by atoms with E-state index >= 15 is 0 Å². The van der Waals surface area contributed by atoms with Crippen LogP contribution < -0.4 is 0 Å². The minimum absolute atomic E-state index is 0.0273. The molecule has 0 radical (unpaired) electrons. The van der Waals surface area contributed by atoms with Crippen molar-refractivity contribution in [3.8, 4) is 0 Å². The van der Waals surface area contributed by atoms with Gasteiger partial charge in [0.2, 0.25) is 5.78 Å². The highest BCUT2D eigenvalue weighted by atomic mass is 16.1. The molecular weight excluding hydrogens is 190 g/mol. The van der Waals surface area contributed by atoms with E-state index in [4.69, 9.17) is 0 Å². The summed E-state index contributed by atoms with van der Waals surface area (Å²) in [5, 5.41) is 0. The Bertz CT molecular complexity index is 502. The van der Waals surface area contributed by atoms with Gasteiger partial charge in [0.05, 0.1) is 12.5 Å². The number of pyridine rings is 1. The number of hydrogen-bond donors (Lipinski definition) is 0. The third kappa shape index (κ3) is 1.79. The molecule has 2 rings (SSSR count). The molecule has 0 fully saturated rings. The number of carbonyl (C=O) groups is 1. The lowest BCUT2D eigenvalue weighted by Crippen LogP contribution is -2.07. The molecule has 15 heavy (non-hydrogen) atoms. The molecule has 0 aliphatic rings. The van der Waals surface area contributed by atoms with Crippen molar-refractivity contribution in [2.45, 2.75) is 6.92 Å². The first-order valence-electron chi connectivity index (χ1n) is 4.62. The Hall–Kier alpha value is -1.97. The summed E-state index contributed by atoms with van der Waals surface area (Å²) in [6, 6.07) is 3.48. The van der Waals surface area contributed by atoms with Gasteiger partial charge in [0.1, 0.15) is 5.69 Å². The molecule has 2 aromatic rings. The van der Waals surface area contributed by atoms with Crippen LogP contribution in [0.25, 0.3) is 0 Å². The molecule has 0 unspecified atom stereocenters. The van der Waals surface area contributed by atoms with Crippen molar-refractivity contribution < 1.29 is 4.79 Å². The van der Waals surface area contributed by atoms with E-state index in [1.807, 2.05) is 6.92 Å². The molecule has 0 spiro atoms. The topological polar surface area (TPSA) is 47.8 Å². The van der Waals surface area contributed by atoms with Crippen LogP contribution in [0.1, 0.15) is 21.7 Å². The summed E-state index contributed by atoms with van der Waals surface area (Å²) < 4.78 is 1.71. The van der Waals surface area contributed by atoms with Gasteiger partial charge in [0.15, 0.2) is 0 Å². The van der Waals surface area contributed by atoms with Gasteiger partial charge in [-0.1, -0.05) is 0 Å². The number of hydrogen-bond acceptors (Lipinski definition) is 3. The average molecular weight is 201 g/mol. The van der Waals surface area contributed by atoms with Crippen LogP contribution >= 0.6 is 0 Å². The standard InChI is InChI=1S/C11H11N3O/c1-8-5-9(3-4-13-8)11(15)10-6-12-7-14(10)2/h3-7H,1-2H3. The summed E-state index contributed by atoms with van der Waals surface area (Å²) >= 11 is 0. The van der Waals surface area contributed by atoms with E-state index < -0.39 is 0 Å². The first kappa shape index (κ1) is 9.58. The summed E-state index contributed by atoms with van der Waals surface area (Å²) in [6.45, 7) is 1.86. The van der Waals surface area contributed by atoms with Gasteiger partial charge in [0, 0.05) is 24.5 Å². The fourth-order valence-corrected chi connectivity index (χ4v) is 1.41. The van der Waals surface area contributed by atoms with Crippen molar-refractivity contribution in [1.82, 2.24) is 14.5 Å². The number of nitrogens with zero attached hydrogens (tertiary/aromatic N) is 3. The summed E-state index contributed by atoms with van der Waals surface area (Å²) in [7, 11) is 1.80.